The molecule has 0 saturated heterocycles. The summed E-state index contributed by atoms with van der Waals surface area (Å²) >= 11 is 1.79. The summed E-state index contributed by atoms with van der Waals surface area (Å²) in [6.45, 7) is 4.46. The van der Waals surface area contributed by atoms with Crippen LogP contribution in [-0.2, 0) is 0 Å². The Kier molecular flexibility index (Phi) is 4.20. The number of thiophene rings is 1. The molecule has 4 heteroatoms. The van der Waals surface area contributed by atoms with Crippen molar-refractivity contribution in [2.24, 2.45) is 5.92 Å². The Morgan fingerprint density at radius 2 is 2.00 bits per heavy atom. The lowest BCUT2D eigenvalue weighted by Gasteiger charge is -2.22. The maximum Gasteiger partial charge on any atom is 0.0629 e. The molecule has 2 N–H and O–H groups in total. The van der Waals surface area contributed by atoms with Crippen LogP contribution >= 0.6 is 11.3 Å². The second-order valence-corrected chi connectivity index (χ2v) is 5.57. The molecular weight excluding hydrogens is 242 g/mol. The molecule has 18 heavy (non-hydrogen) atoms. The van der Waals surface area contributed by atoms with Crippen molar-refractivity contribution in [2.45, 2.75) is 19.9 Å². The molecular formula is C14H19N3S. The summed E-state index contributed by atoms with van der Waals surface area (Å²) < 4.78 is 0. The van der Waals surface area contributed by atoms with Crippen molar-refractivity contribution in [2.75, 3.05) is 17.7 Å². The largest absolute Gasteiger partial charge is 0.387 e. The Hall–Kier alpha value is -1.55. The summed E-state index contributed by atoms with van der Waals surface area (Å²) in [5.41, 5.74) is 2.07. The van der Waals surface area contributed by atoms with E-state index in [4.69, 9.17) is 0 Å². The Labute approximate surface area is 112 Å². The number of anilines is 2. The van der Waals surface area contributed by atoms with Gasteiger partial charge in [-0.1, -0.05) is 19.9 Å². The molecule has 0 amide bonds. The first-order valence-electron chi connectivity index (χ1n) is 6.13. The van der Waals surface area contributed by atoms with Crippen molar-refractivity contribution >= 4 is 22.7 Å². The van der Waals surface area contributed by atoms with E-state index in [0.717, 1.165) is 11.4 Å². The van der Waals surface area contributed by atoms with Crippen LogP contribution < -0.4 is 10.6 Å². The zero-order valence-corrected chi connectivity index (χ0v) is 11.8. The molecule has 0 aliphatic heterocycles. The lowest BCUT2D eigenvalue weighted by Crippen LogP contribution is -2.15. The molecule has 0 saturated carbocycles. The molecule has 0 aromatic carbocycles. The van der Waals surface area contributed by atoms with Gasteiger partial charge in [0.15, 0.2) is 0 Å². The summed E-state index contributed by atoms with van der Waals surface area (Å²) in [4.78, 5) is 5.59. The molecule has 2 aromatic rings. The number of hydrogen-bond donors (Lipinski definition) is 2. The van der Waals surface area contributed by atoms with Crippen molar-refractivity contribution in [1.29, 1.82) is 0 Å². The number of pyridine rings is 1. The minimum Gasteiger partial charge on any atom is -0.387 e. The van der Waals surface area contributed by atoms with Crippen molar-refractivity contribution in [1.82, 2.24) is 4.98 Å². The van der Waals surface area contributed by atoms with Crippen LogP contribution in [0.2, 0.25) is 0 Å². The van der Waals surface area contributed by atoms with E-state index in [1.54, 1.807) is 11.3 Å². The van der Waals surface area contributed by atoms with Crippen LogP contribution in [0.4, 0.5) is 11.4 Å². The van der Waals surface area contributed by atoms with Crippen molar-refractivity contribution in [3.63, 3.8) is 0 Å². The summed E-state index contributed by atoms with van der Waals surface area (Å²) in [7, 11) is 1.90. The molecule has 0 bridgehead atoms. The lowest BCUT2D eigenvalue weighted by molar-refractivity contribution is 0.553. The molecule has 0 radical (unpaired) electrons. The van der Waals surface area contributed by atoms with Gasteiger partial charge in [0.2, 0.25) is 0 Å². The molecule has 0 spiro atoms. The van der Waals surface area contributed by atoms with E-state index < -0.39 is 0 Å². The highest BCUT2D eigenvalue weighted by Crippen LogP contribution is 2.29. The standard InChI is InChI=1S/C14H19N3S/c1-10(2)14(13-5-4-6-18-13)17-12-7-11(15-3)8-16-9-12/h4-10,14-15,17H,1-3H3. The molecule has 2 heterocycles. The van der Waals surface area contributed by atoms with Gasteiger partial charge >= 0.3 is 0 Å². The van der Waals surface area contributed by atoms with E-state index >= 15 is 0 Å². The number of rotatable bonds is 5. The highest BCUT2D eigenvalue weighted by Gasteiger charge is 2.16. The first kappa shape index (κ1) is 12.9. The Morgan fingerprint density at radius 3 is 2.61 bits per heavy atom. The normalized spacial score (nSPS) is 12.4. The third-order valence-electron chi connectivity index (χ3n) is 2.87. The predicted octanol–water partition coefficient (Wildman–Crippen LogP) is 3.99. The molecule has 3 nitrogen and oxygen atoms in total. The van der Waals surface area contributed by atoms with Crippen molar-refractivity contribution in [3.8, 4) is 0 Å². The van der Waals surface area contributed by atoms with Gasteiger partial charge in [-0.15, -0.1) is 11.3 Å². The second-order valence-electron chi connectivity index (χ2n) is 4.59. The molecule has 1 atom stereocenters. The fourth-order valence-corrected chi connectivity index (χ4v) is 2.82. The van der Waals surface area contributed by atoms with Crippen LogP contribution in [0.3, 0.4) is 0 Å². The van der Waals surface area contributed by atoms with Gasteiger partial charge in [-0.2, -0.15) is 0 Å². The molecule has 0 aliphatic carbocycles. The molecule has 2 rings (SSSR count). The van der Waals surface area contributed by atoms with Crippen LogP contribution in [0.1, 0.15) is 24.8 Å². The summed E-state index contributed by atoms with van der Waals surface area (Å²) in [5, 5.41) is 8.79. The van der Waals surface area contributed by atoms with E-state index in [1.807, 2.05) is 19.4 Å². The lowest BCUT2D eigenvalue weighted by atomic mass is 10.0. The number of nitrogens with one attached hydrogen (secondary N) is 2. The number of nitrogens with zero attached hydrogens (tertiary/aromatic N) is 1. The van der Waals surface area contributed by atoms with Gasteiger partial charge in [0.05, 0.1) is 29.8 Å². The van der Waals surface area contributed by atoms with E-state index in [-0.39, 0.29) is 0 Å². The van der Waals surface area contributed by atoms with E-state index in [0.29, 0.717) is 12.0 Å². The Balaban J connectivity index is 2.18. The Morgan fingerprint density at radius 1 is 1.22 bits per heavy atom. The zero-order chi connectivity index (χ0) is 13.0. The quantitative estimate of drug-likeness (QED) is 0.854. The predicted molar refractivity (Wildman–Crippen MR) is 79.3 cm³/mol. The first-order chi connectivity index (χ1) is 8.70. The minimum absolute atomic E-state index is 0.332. The van der Waals surface area contributed by atoms with Crippen LogP contribution in [-0.4, -0.2) is 12.0 Å². The summed E-state index contributed by atoms with van der Waals surface area (Å²) in [6, 6.07) is 6.69. The van der Waals surface area contributed by atoms with E-state index in [1.165, 1.54) is 4.88 Å². The second kappa shape index (κ2) is 5.87. The van der Waals surface area contributed by atoms with Gasteiger partial charge < -0.3 is 10.6 Å². The molecule has 96 valence electrons. The average molecular weight is 261 g/mol. The van der Waals surface area contributed by atoms with Crippen molar-refractivity contribution < 1.29 is 0 Å². The average Bonchev–Trinajstić information content (AvgIpc) is 2.89. The molecule has 0 aliphatic rings. The van der Waals surface area contributed by atoms with Gasteiger partial charge in [-0.05, 0) is 23.4 Å². The smallest absolute Gasteiger partial charge is 0.0629 e. The van der Waals surface area contributed by atoms with Gasteiger partial charge in [-0.25, -0.2) is 0 Å². The Bertz CT molecular complexity index is 480. The van der Waals surface area contributed by atoms with Crippen LogP contribution in [0.5, 0.6) is 0 Å². The summed E-state index contributed by atoms with van der Waals surface area (Å²) in [5.74, 6) is 0.530. The zero-order valence-electron chi connectivity index (χ0n) is 11.0. The molecule has 2 aromatic heterocycles. The van der Waals surface area contributed by atoms with Crippen LogP contribution in [0.15, 0.2) is 36.0 Å². The highest BCUT2D eigenvalue weighted by molar-refractivity contribution is 7.10. The van der Waals surface area contributed by atoms with Crippen LogP contribution in [0, 0.1) is 5.92 Å². The van der Waals surface area contributed by atoms with Gasteiger partial charge in [0.1, 0.15) is 0 Å². The fourth-order valence-electron chi connectivity index (χ4n) is 1.87. The van der Waals surface area contributed by atoms with Gasteiger partial charge in [0, 0.05) is 11.9 Å². The molecule has 0 fully saturated rings. The maximum atomic E-state index is 4.23. The molecule has 1 unspecified atom stereocenters. The fraction of sp³-hybridized carbons (Fsp3) is 0.357. The van der Waals surface area contributed by atoms with Crippen LogP contribution in [0.25, 0.3) is 0 Å². The van der Waals surface area contributed by atoms with Gasteiger partial charge in [0.25, 0.3) is 0 Å². The SMILES string of the molecule is CNc1cncc(NC(c2cccs2)C(C)C)c1. The highest BCUT2D eigenvalue weighted by atomic mass is 32.1. The third-order valence-corrected chi connectivity index (χ3v) is 3.82. The monoisotopic (exact) mass is 261 g/mol. The van der Waals surface area contributed by atoms with Gasteiger partial charge in [-0.3, -0.25) is 4.98 Å². The van der Waals surface area contributed by atoms with Crippen molar-refractivity contribution in [3.05, 3.63) is 40.8 Å². The number of hydrogen-bond acceptors (Lipinski definition) is 4. The third kappa shape index (κ3) is 3.01. The topological polar surface area (TPSA) is 37.0 Å². The maximum absolute atomic E-state index is 4.23. The van der Waals surface area contributed by atoms with E-state index in [2.05, 4.69) is 53.0 Å². The summed E-state index contributed by atoms with van der Waals surface area (Å²) in [6.07, 6.45) is 3.69. The van der Waals surface area contributed by atoms with E-state index in [9.17, 15) is 0 Å². The minimum atomic E-state index is 0.332. The first-order valence-corrected chi connectivity index (χ1v) is 7.01. The number of aromatic nitrogens is 1.